The molecule has 2 rings (SSSR count). The average molecular weight is 475 g/mol. The first kappa shape index (κ1) is 25.9. The van der Waals surface area contributed by atoms with Gasteiger partial charge in [-0.15, -0.1) is 22.7 Å². The summed E-state index contributed by atoms with van der Waals surface area (Å²) in [5.74, 6) is -0.141. The molecule has 2 aromatic rings. The number of amides is 2. The van der Waals surface area contributed by atoms with E-state index in [1.807, 2.05) is 26.0 Å². The minimum absolute atomic E-state index is 0.0704. The molecule has 0 fully saturated rings. The van der Waals surface area contributed by atoms with Crippen LogP contribution in [0.2, 0.25) is 0 Å². The minimum Gasteiger partial charge on any atom is -0.273 e. The zero-order valence-corrected chi connectivity index (χ0v) is 21.1. The summed E-state index contributed by atoms with van der Waals surface area (Å²) in [6, 6.07) is 8.28. The fourth-order valence-corrected chi connectivity index (χ4v) is 4.75. The van der Waals surface area contributed by atoms with Gasteiger partial charge in [0.2, 0.25) is 11.8 Å². The number of thiophene rings is 2. The summed E-state index contributed by atoms with van der Waals surface area (Å²) < 4.78 is 0. The summed E-state index contributed by atoms with van der Waals surface area (Å²) in [7, 11) is 0. The van der Waals surface area contributed by atoms with Gasteiger partial charge in [0.15, 0.2) is 0 Å². The van der Waals surface area contributed by atoms with E-state index in [1.165, 1.54) is 9.75 Å². The number of aryl methyl sites for hydroxylation is 2. The summed E-state index contributed by atoms with van der Waals surface area (Å²) in [6.07, 6.45) is 6.29. The van der Waals surface area contributed by atoms with Gasteiger partial charge in [-0.1, -0.05) is 26.7 Å². The smallest absolute Gasteiger partial charge is 0.240 e. The lowest BCUT2D eigenvalue weighted by molar-refractivity contribution is -0.122. The Kier molecular flexibility index (Phi) is 11.3. The van der Waals surface area contributed by atoms with Crippen molar-refractivity contribution in [2.75, 3.05) is 0 Å². The third kappa shape index (κ3) is 9.04. The SMILES string of the molecule is CCc1ccc(C(C)=NNC(=O)CCCCCCC(=O)NN=C(C)c2ccc(CC)s2)s1. The van der Waals surface area contributed by atoms with Crippen molar-refractivity contribution >= 4 is 45.9 Å². The van der Waals surface area contributed by atoms with E-state index in [9.17, 15) is 9.59 Å². The van der Waals surface area contributed by atoms with Crippen LogP contribution in [0.25, 0.3) is 0 Å². The standard InChI is InChI=1S/C24H34N4O2S2/c1-5-19-13-15-21(31-19)17(3)25-27-23(29)11-9-7-8-10-12-24(30)28-26-18(4)22-16-14-20(6-2)32-22/h13-16H,5-12H2,1-4H3,(H,27,29)(H,28,30). The number of rotatable bonds is 13. The van der Waals surface area contributed by atoms with Gasteiger partial charge in [-0.2, -0.15) is 10.2 Å². The first-order valence-electron chi connectivity index (χ1n) is 11.3. The van der Waals surface area contributed by atoms with Gasteiger partial charge in [-0.3, -0.25) is 9.59 Å². The summed E-state index contributed by atoms with van der Waals surface area (Å²) in [4.78, 5) is 28.7. The molecule has 0 unspecified atom stereocenters. The average Bonchev–Trinajstić information content (AvgIpc) is 3.47. The van der Waals surface area contributed by atoms with Crippen molar-refractivity contribution in [3.63, 3.8) is 0 Å². The Labute approximate surface area is 199 Å². The Hall–Kier alpha value is -2.32. The number of hydrazone groups is 2. The first-order valence-corrected chi connectivity index (χ1v) is 12.9. The number of hydrogen-bond acceptors (Lipinski definition) is 6. The fourth-order valence-electron chi connectivity index (χ4n) is 2.96. The molecule has 0 spiro atoms. The van der Waals surface area contributed by atoms with Gasteiger partial charge in [-0.25, -0.2) is 10.9 Å². The van der Waals surface area contributed by atoms with Crippen LogP contribution < -0.4 is 10.9 Å². The Morgan fingerprint density at radius 1 is 0.719 bits per heavy atom. The third-order valence-electron chi connectivity index (χ3n) is 4.99. The van der Waals surface area contributed by atoms with E-state index in [1.54, 1.807) is 22.7 Å². The van der Waals surface area contributed by atoms with Crippen LogP contribution in [-0.2, 0) is 22.4 Å². The van der Waals surface area contributed by atoms with Crippen LogP contribution in [-0.4, -0.2) is 23.2 Å². The van der Waals surface area contributed by atoms with E-state index in [0.717, 1.165) is 59.7 Å². The molecular formula is C24H34N4O2S2. The van der Waals surface area contributed by atoms with Crippen LogP contribution in [0.15, 0.2) is 34.5 Å². The second kappa shape index (κ2) is 14.0. The Morgan fingerprint density at radius 2 is 1.12 bits per heavy atom. The number of hydrogen-bond donors (Lipinski definition) is 2. The second-order valence-electron chi connectivity index (χ2n) is 7.62. The highest BCUT2D eigenvalue weighted by atomic mass is 32.1. The lowest BCUT2D eigenvalue weighted by atomic mass is 10.1. The van der Waals surface area contributed by atoms with Gasteiger partial charge in [0.25, 0.3) is 0 Å². The summed E-state index contributed by atoms with van der Waals surface area (Å²) in [6.45, 7) is 8.06. The third-order valence-corrected chi connectivity index (χ3v) is 7.66. The molecule has 0 aromatic carbocycles. The van der Waals surface area contributed by atoms with Crippen LogP contribution in [0.5, 0.6) is 0 Å². The molecular weight excluding hydrogens is 440 g/mol. The van der Waals surface area contributed by atoms with Crippen molar-refractivity contribution < 1.29 is 9.59 Å². The minimum atomic E-state index is -0.0704. The monoisotopic (exact) mass is 474 g/mol. The topological polar surface area (TPSA) is 82.9 Å². The molecule has 174 valence electrons. The van der Waals surface area contributed by atoms with Crippen LogP contribution >= 0.6 is 22.7 Å². The summed E-state index contributed by atoms with van der Waals surface area (Å²) >= 11 is 3.41. The molecule has 0 aliphatic rings. The van der Waals surface area contributed by atoms with Crippen molar-refractivity contribution in [3.8, 4) is 0 Å². The van der Waals surface area contributed by atoms with Crippen LogP contribution in [0.1, 0.15) is 85.7 Å². The normalized spacial score (nSPS) is 12.1. The molecule has 2 heterocycles. The first-order chi connectivity index (χ1) is 15.4. The summed E-state index contributed by atoms with van der Waals surface area (Å²) in [5, 5.41) is 8.41. The number of unbranched alkanes of at least 4 members (excludes halogenated alkanes) is 3. The Bertz CT molecular complexity index is 867. The predicted molar refractivity (Wildman–Crippen MR) is 136 cm³/mol. The van der Waals surface area contributed by atoms with E-state index in [2.05, 4.69) is 47.0 Å². The molecule has 2 aromatic heterocycles. The van der Waals surface area contributed by atoms with Crippen LogP contribution in [0.4, 0.5) is 0 Å². The summed E-state index contributed by atoms with van der Waals surface area (Å²) in [5.41, 5.74) is 6.94. The van der Waals surface area contributed by atoms with Gasteiger partial charge in [0.1, 0.15) is 0 Å². The molecule has 0 saturated heterocycles. The van der Waals surface area contributed by atoms with Gasteiger partial charge < -0.3 is 0 Å². The molecule has 2 amide bonds. The highest BCUT2D eigenvalue weighted by molar-refractivity contribution is 7.14. The number of nitrogens with zero attached hydrogens (tertiary/aromatic N) is 2. The zero-order valence-electron chi connectivity index (χ0n) is 19.5. The van der Waals surface area contributed by atoms with Crippen molar-refractivity contribution in [2.45, 2.75) is 79.1 Å². The maximum Gasteiger partial charge on any atom is 0.240 e. The fraction of sp³-hybridized carbons (Fsp3) is 0.500. The quantitative estimate of drug-likeness (QED) is 0.223. The van der Waals surface area contributed by atoms with Gasteiger partial charge in [0, 0.05) is 22.6 Å². The van der Waals surface area contributed by atoms with Crippen molar-refractivity contribution in [2.24, 2.45) is 10.2 Å². The molecule has 0 bridgehead atoms. The van der Waals surface area contributed by atoms with E-state index in [0.29, 0.717) is 12.8 Å². The van der Waals surface area contributed by atoms with Crippen molar-refractivity contribution in [1.29, 1.82) is 0 Å². The second-order valence-corrected chi connectivity index (χ2v) is 9.95. The Balaban J connectivity index is 1.56. The van der Waals surface area contributed by atoms with Gasteiger partial charge in [0.05, 0.1) is 21.2 Å². The lowest BCUT2D eigenvalue weighted by Crippen LogP contribution is -2.19. The predicted octanol–water partition coefficient (Wildman–Crippen LogP) is 5.66. The van der Waals surface area contributed by atoms with Crippen LogP contribution in [0.3, 0.4) is 0 Å². The number of nitrogens with one attached hydrogen (secondary N) is 2. The maximum absolute atomic E-state index is 12.0. The molecule has 8 heteroatoms. The molecule has 0 atom stereocenters. The largest absolute Gasteiger partial charge is 0.273 e. The number of carbonyl (C=O) groups excluding carboxylic acids is 2. The van der Waals surface area contributed by atoms with Crippen molar-refractivity contribution in [3.05, 3.63) is 43.8 Å². The van der Waals surface area contributed by atoms with E-state index < -0.39 is 0 Å². The highest BCUT2D eigenvalue weighted by Gasteiger charge is 2.06. The zero-order chi connectivity index (χ0) is 23.3. The molecule has 0 radical (unpaired) electrons. The van der Waals surface area contributed by atoms with Gasteiger partial charge >= 0.3 is 0 Å². The lowest BCUT2D eigenvalue weighted by Gasteiger charge is -2.03. The number of carbonyl (C=O) groups is 2. The van der Waals surface area contributed by atoms with E-state index in [-0.39, 0.29) is 11.8 Å². The maximum atomic E-state index is 12.0. The molecule has 0 aliphatic heterocycles. The van der Waals surface area contributed by atoms with E-state index in [4.69, 9.17) is 0 Å². The Morgan fingerprint density at radius 3 is 1.47 bits per heavy atom. The molecule has 32 heavy (non-hydrogen) atoms. The van der Waals surface area contributed by atoms with E-state index >= 15 is 0 Å². The van der Waals surface area contributed by atoms with Crippen LogP contribution in [0, 0.1) is 0 Å². The highest BCUT2D eigenvalue weighted by Crippen LogP contribution is 2.18. The molecule has 0 saturated carbocycles. The van der Waals surface area contributed by atoms with Crippen molar-refractivity contribution in [1.82, 2.24) is 10.9 Å². The molecule has 6 nitrogen and oxygen atoms in total. The molecule has 0 aliphatic carbocycles. The molecule has 2 N–H and O–H groups in total. The van der Waals surface area contributed by atoms with Gasteiger partial charge in [-0.05, 0) is 63.8 Å².